The van der Waals surface area contributed by atoms with Crippen LogP contribution in [-0.4, -0.2) is 52.9 Å². The number of amides is 3. The Balaban J connectivity index is 1.53. The molecule has 3 amide bonds. The van der Waals surface area contributed by atoms with Crippen molar-refractivity contribution in [1.29, 1.82) is 0 Å². The number of thiazole rings is 1. The van der Waals surface area contributed by atoms with Crippen LogP contribution in [0.15, 0.2) is 29.6 Å². The summed E-state index contributed by atoms with van der Waals surface area (Å²) in [4.78, 5) is 33.2. The van der Waals surface area contributed by atoms with Crippen LogP contribution in [0, 0.1) is 0 Å². The molecule has 1 N–H and O–H groups in total. The van der Waals surface area contributed by atoms with Crippen LogP contribution in [-0.2, 0) is 13.0 Å². The predicted molar refractivity (Wildman–Crippen MR) is 107 cm³/mol. The summed E-state index contributed by atoms with van der Waals surface area (Å²) >= 11 is 7.75. The molecule has 0 saturated carbocycles. The first-order valence-electron chi connectivity index (χ1n) is 9.08. The van der Waals surface area contributed by atoms with Gasteiger partial charge in [0.2, 0.25) is 0 Å². The first-order valence-corrected chi connectivity index (χ1v) is 10.3. The van der Waals surface area contributed by atoms with Crippen molar-refractivity contribution in [2.24, 2.45) is 0 Å². The van der Waals surface area contributed by atoms with Crippen molar-refractivity contribution in [1.82, 2.24) is 20.1 Å². The molecule has 2 aromatic rings. The molecule has 144 valence electrons. The van der Waals surface area contributed by atoms with Crippen molar-refractivity contribution < 1.29 is 9.59 Å². The summed E-state index contributed by atoms with van der Waals surface area (Å²) in [6.07, 6.45) is 1.64. The number of nitrogens with zero attached hydrogens (tertiary/aromatic N) is 3. The molecule has 1 aliphatic rings. The minimum absolute atomic E-state index is 0.0857. The highest BCUT2D eigenvalue weighted by molar-refractivity contribution is 7.09. The largest absolute Gasteiger partial charge is 0.337 e. The van der Waals surface area contributed by atoms with Crippen molar-refractivity contribution >= 4 is 34.9 Å². The summed E-state index contributed by atoms with van der Waals surface area (Å²) < 4.78 is 0. The Morgan fingerprint density at radius 2 is 1.93 bits per heavy atom. The maximum Gasteiger partial charge on any atom is 0.317 e. The minimum Gasteiger partial charge on any atom is -0.337 e. The second-order valence-electron chi connectivity index (χ2n) is 6.36. The van der Waals surface area contributed by atoms with Crippen LogP contribution in [0.3, 0.4) is 0 Å². The van der Waals surface area contributed by atoms with E-state index in [0.717, 1.165) is 23.5 Å². The fourth-order valence-corrected chi connectivity index (χ4v) is 3.96. The van der Waals surface area contributed by atoms with Gasteiger partial charge in [0.1, 0.15) is 0 Å². The van der Waals surface area contributed by atoms with E-state index in [2.05, 4.69) is 17.2 Å². The number of benzene rings is 1. The van der Waals surface area contributed by atoms with Crippen molar-refractivity contribution in [2.75, 3.05) is 26.2 Å². The average molecular weight is 407 g/mol. The highest BCUT2D eigenvalue weighted by atomic mass is 35.5. The lowest BCUT2D eigenvalue weighted by molar-refractivity contribution is 0.0762. The van der Waals surface area contributed by atoms with Gasteiger partial charge in [0.05, 0.1) is 27.8 Å². The molecule has 27 heavy (non-hydrogen) atoms. The van der Waals surface area contributed by atoms with E-state index in [4.69, 9.17) is 11.6 Å². The van der Waals surface area contributed by atoms with E-state index in [9.17, 15) is 9.59 Å². The highest BCUT2D eigenvalue weighted by Gasteiger charge is 2.23. The van der Waals surface area contributed by atoms with Gasteiger partial charge in [0, 0.05) is 31.6 Å². The maximum atomic E-state index is 12.7. The zero-order valence-corrected chi connectivity index (χ0v) is 16.9. The Kier molecular flexibility index (Phi) is 6.68. The topological polar surface area (TPSA) is 65.5 Å². The van der Waals surface area contributed by atoms with Gasteiger partial charge in [-0.3, -0.25) is 4.79 Å². The van der Waals surface area contributed by atoms with E-state index in [1.165, 1.54) is 0 Å². The molecule has 0 unspecified atom stereocenters. The lowest BCUT2D eigenvalue weighted by atomic mass is 10.2. The van der Waals surface area contributed by atoms with Gasteiger partial charge in [-0.15, -0.1) is 11.3 Å². The number of aryl methyl sites for hydroxylation is 1. The quantitative estimate of drug-likeness (QED) is 0.846. The van der Waals surface area contributed by atoms with Gasteiger partial charge in [-0.2, -0.15) is 0 Å². The SMILES string of the molecule is CCc1nc(CNC(=O)N2CCCN(C(=O)c3ccccc3Cl)CC2)cs1. The highest BCUT2D eigenvalue weighted by Crippen LogP contribution is 2.18. The van der Waals surface area contributed by atoms with Crippen molar-refractivity contribution in [2.45, 2.75) is 26.3 Å². The first-order chi connectivity index (χ1) is 13.1. The third-order valence-corrected chi connectivity index (χ3v) is 5.87. The lowest BCUT2D eigenvalue weighted by Crippen LogP contribution is -2.42. The summed E-state index contributed by atoms with van der Waals surface area (Å²) in [5.74, 6) is -0.0857. The molecule has 1 saturated heterocycles. The Morgan fingerprint density at radius 1 is 1.19 bits per heavy atom. The fourth-order valence-electron chi connectivity index (χ4n) is 3.00. The number of halogens is 1. The summed E-state index contributed by atoms with van der Waals surface area (Å²) in [5, 5.41) is 6.43. The van der Waals surface area contributed by atoms with E-state index in [0.29, 0.717) is 43.3 Å². The summed E-state index contributed by atoms with van der Waals surface area (Å²) in [7, 11) is 0. The molecular formula is C19H23ClN4O2S. The van der Waals surface area contributed by atoms with Gasteiger partial charge in [-0.05, 0) is 25.0 Å². The molecule has 0 atom stereocenters. The van der Waals surface area contributed by atoms with Gasteiger partial charge in [-0.1, -0.05) is 30.7 Å². The van der Waals surface area contributed by atoms with Crippen LogP contribution < -0.4 is 5.32 Å². The van der Waals surface area contributed by atoms with Crippen LogP contribution in [0.2, 0.25) is 5.02 Å². The molecule has 1 fully saturated rings. The Labute approximate surface area is 168 Å². The van der Waals surface area contributed by atoms with Gasteiger partial charge in [-0.25, -0.2) is 9.78 Å². The monoisotopic (exact) mass is 406 g/mol. The number of nitrogens with one attached hydrogen (secondary N) is 1. The van der Waals surface area contributed by atoms with Crippen molar-refractivity contribution in [3.05, 3.63) is 50.9 Å². The number of urea groups is 1. The standard InChI is InChI=1S/C19H23ClN4O2S/c1-2-17-22-14(13-27-17)12-21-19(26)24-9-5-8-23(10-11-24)18(25)15-6-3-4-7-16(15)20/h3-4,6-7,13H,2,5,8-12H2,1H3,(H,21,26). The molecular weight excluding hydrogens is 384 g/mol. The summed E-state index contributed by atoms with van der Waals surface area (Å²) in [5.41, 5.74) is 1.39. The molecule has 1 aromatic carbocycles. The number of hydrogen-bond acceptors (Lipinski definition) is 4. The van der Waals surface area contributed by atoms with E-state index in [-0.39, 0.29) is 11.9 Å². The Bertz CT molecular complexity index is 811. The molecule has 0 radical (unpaired) electrons. The van der Waals surface area contributed by atoms with Gasteiger partial charge in [0.15, 0.2) is 0 Å². The predicted octanol–water partition coefficient (Wildman–Crippen LogP) is 3.42. The van der Waals surface area contributed by atoms with E-state index < -0.39 is 0 Å². The molecule has 0 aliphatic carbocycles. The van der Waals surface area contributed by atoms with E-state index >= 15 is 0 Å². The van der Waals surface area contributed by atoms with Gasteiger partial charge < -0.3 is 15.1 Å². The number of hydrogen-bond donors (Lipinski definition) is 1. The van der Waals surface area contributed by atoms with Crippen LogP contribution >= 0.6 is 22.9 Å². The second kappa shape index (κ2) is 9.19. The third-order valence-electron chi connectivity index (χ3n) is 4.50. The number of rotatable bonds is 4. The number of carbonyl (C=O) groups is 2. The van der Waals surface area contributed by atoms with Gasteiger partial charge >= 0.3 is 6.03 Å². The first kappa shape index (κ1) is 19.6. The Morgan fingerprint density at radius 3 is 2.67 bits per heavy atom. The maximum absolute atomic E-state index is 12.7. The molecule has 6 nitrogen and oxygen atoms in total. The number of carbonyl (C=O) groups excluding carboxylic acids is 2. The van der Waals surface area contributed by atoms with Gasteiger partial charge in [0.25, 0.3) is 5.91 Å². The normalized spacial score (nSPS) is 14.7. The lowest BCUT2D eigenvalue weighted by Gasteiger charge is -2.22. The Hall–Kier alpha value is -2.12. The molecule has 1 aliphatic heterocycles. The van der Waals surface area contributed by atoms with Crippen molar-refractivity contribution in [3.63, 3.8) is 0 Å². The molecule has 1 aromatic heterocycles. The number of aromatic nitrogens is 1. The average Bonchev–Trinajstić information content (AvgIpc) is 3.00. The molecule has 3 rings (SSSR count). The summed E-state index contributed by atoms with van der Waals surface area (Å²) in [6, 6.07) is 6.94. The summed E-state index contributed by atoms with van der Waals surface area (Å²) in [6.45, 7) is 4.71. The fraction of sp³-hybridized carbons (Fsp3) is 0.421. The molecule has 0 bridgehead atoms. The zero-order valence-electron chi connectivity index (χ0n) is 15.3. The van der Waals surface area contributed by atoms with Crippen LogP contribution in [0.4, 0.5) is 4.79 Å². The molecule has 2 heterocycles. The van der Waals surface area contributed by atoms with E-state index in [1.54, 1.807) is 45.4 Å². The molecule has 0 spiro atoms. The second-order valence-corrected chi connectivity index (χ2v) is 7.71. The van der Waals surface area contributed by atoms with Crippen LogP contribution in [0.1, 0.15) is 34.4 Å². The molecule has 8 heteroatoms. The van der Waals surface area contributed by atoms with Crippen LogP contribution in [0.25, 0.3) is 0 Å². The van der Waals surface area contributed by atoms with Crippen molar-refractivity contribution in [3.8, 4) is 0 Å². The zero-order chi connectivity index (χ0) is 19.2. The van der Waals surface area contributed by atoms with E-state index in [1.807, 2.05) is 5.38 Å². The minimum atomic E-state index is -0.118. The smallest absolute Gasteiger partial charge is 0.317 e. The van der Waals surface area contributed by atoms with Crippen LogP contribution in [0.5, 0.6) is 0 Å². The third kappa shape index (κ3) is 4.99.